The molecule has 0 radical (unpaired) electrons. The first-order valence-electron chi connectivity index (χ1n) is 41.8. The van der Waals surface area contributed by atoms with E-state index in [1.54, 1.807) is 0 Å². The third-order valence-electron chi connectivity index (χ3n) is 25.0. The molecule has 28 rings (SSSR count). The highest BCUT2D eigenvalue weighted by atomic mass is 15.0. The van der Waals surface area contributed by atoms with Crippen molar-refractivity contribution < 1.29 is 0 Å². The monoisotopic (exact) mass is 1560 g/mol. The Labute approximate surface area is 698 Å². The van der Waals surface area contributed by atoms with Crippen LogP contribution in [0.15, 0.2) is 370 Å². The molecule has 18 aromatic carbocycles. The highest BCUT2D eigenvalue weighted by molar-refractivity contribution is 6.27. The van der Waals surface area contributed by atoms with Crippen molar-refractivity contribution in [3.8, 4) is 0 Å². The first kappa shape index (κ1) is 70.3. The Morgan fingerprint density at radius 1 is 0.148 bits per heavy atom. The second kappa shape index (κ2) is 27.6. The molecule has 0 bridgehead atoms. The molecule has 0 fully saturated rings. The van der Waals surface area contributed by atoms with Gasteiger partial charge in [-0.1, -0.05) is 266 Å². The lowest BCUT2D eigenvalue weighted by Crippen LogP contribution is -1.93. The Hall–Kier alpha value is -15.9. The summed E-state index contributed by atoms with van der Waals surface area (Å²) in [5, 5.41) is 26.4. The predicted octanol–water partition coefficient (Wildman–Crippen LogP) is 29.0. The van der Waals surface area contributed by atoms with Gasteiger partial charge in [-0.05, 0) is 215 Å². The van der Waals surface area contributed by atoms with E-state index in [0.717, 1.165) is 77.9 Å². The first-order chi connectivity index (χ1) is 60.1. The lowest BCUT2D eigenvalue weighted by molar-refractivity contribution is 1.30. The van der Waals surface area contributed by atoms with Gasteiger partial charge in [-0.3, -0.25) is 22.0 Å². The largest absolute Gasteiger partial charge is 0.292 e. The summed E-state index contributed by atoms with van der Waals surface area (Å²) in [6.07, 6.45) is 0. The van der Waals surface area contributed by atoms with E-state index < -0.39 is 0 Å². The van der Waals surface area contributed by atoms with Gasteiger partial charge >= 0.3 is 0 Å². The molecular weight excluding hydrogens is 1490 g/mol. The number of nitrogens with zero attached hydrogens (tertiary/aromatic N) is 10. The van der Waals surface area contributed by atoms with Crippen molar-refractivity contribution in [1.82, 2.24) is 46.9 Å². The summed E-state index contributed by atoms with van der Waals surface area (Å²) < 4.78 is 11.5. The zero-order valence-electron chi connectivity index (χ0n) is 67.7. The highest BCUT2D eigenvalue weighted by Crippen LogP contribution is 2.43. The molecule has 0 saturated carbocycles. The molecule has 0 atom stereocenters. The van der Waals surface area contributed by atoms with Crippen LogP contribution in [0.2, 0.25) is 0 Å². The summed E-state index contributed by atoms with van der Waals surface area (Å²) in [7, 11) is 0. The number of fused-ring (bicyclic) bond motifs is 46. The quantitative estimate of drug-likeness (QED) is 0.141. The van der Waals surface area contributed by atoms with Gasteiger partial charge in [0.25, 0.3) is 0 Å². The number of pyridine rings is 5. The van der Waals surface area contributed by atoms with Gasteiger partial charge in [-0.15, -0.1) is 0 Å². The fourth-order valence-electron chi connectivity index (χ4n) is 19.6. The smallest absolute Gasteiger partial charge is 0.147 e. The summed E-state index contributed by atoms with van der Waals surface area (Å²) in [6, 6.07) is 132. The van der Waals surface area contributed by atoms with E-state index in [1.165, 1.54) is 174 Å². The van der Waals surface area contributed by atoms with Gasteiger partial charge in [0.1, 0.15) is 28.2 Å². The minimum absolute atomic E-state index is 1.03. The lowest BCUT2D eigenvalue weighted by atomic mass is 9.98. The zero-order chi connectivity index (χ0) is 81.1. The van der Waals surface area contributed by atoms with Crippen molar-refractivity contribution in [2.24, 2.45) is 0 Å². The molecule has 122 heavy (non-hydrogen) atoms. The molecule has 574 valence electrons. The van der Waals surface area contributed by atoms with Crippen molar-refractivity contribution in [2.75, 3.05) is 0 Å². The molecule has 0 aliphatic carbocycles. The minimum atomic E-state index is 1.03. The number of imidazole rings is 5. The molecule has 10 aromatic heterocycles. The standard InChI is InChI=1S/3C24H16N2.2C20H14N2/c1-15-10-13-21-19(14-15)23-17-7-3-2-6-16(17)11-12-18(23)24-25-20-8-4-5-9-22(20)26(21)24;1-15-10-12-18-22(14-15)26-21-9-5-4-8-20(21)25-24(26)19-13-11-16-6-2-3-7-17(16)23(18)19;1-15-10-12-18-19-13-11-16-6-2-3-7-17(16)23(19)24-25-20-8-4-5-9-21(20)26(24)22(18)14-15;1-13-10-11-15-14-6-2-3-7-16(14)20-21-17-8-4-5-9-18(17)22(20)19(15)12-13;1-13-10-11-18-16(12-13)14-6-2-3-7-15(14)20-21-17-8-4-5-9-19(17)22(18)20/h3*2-14H,1H3;2*2-12H,1H3. The van der Waals surface area contributed by atoms with Crippen LogP contribution in [0.25, 0.3) is 224 Å². The highest BCUT2D eigenvalue weighted by Gasteiger charge is 2.22. The van der Waals surface area contributed by atoms with E-state index in [9.17, 15) is 0 Å². The normalized spacial score (nSPS) is 12.0. The fraction of sp³-hybridized carbons (Fsp3) is 0.0446. The van der Waals surface area contributed by atoms with E-state index in [1.807, 2.05) is 12.1 Å². The van der Waals surface area contributed by atoms with E-state index in [-0.39, 0.29) is 0 Å². The van der Waals surface area contributed by atoms with Crippen LogP contribution in [0.1, 0.15) is 27.8 Å². The Morgan fingerprint density at radius 3 is 0.844 bits per heavy atom. The van der Waals surface area contributed by atoms with Crippen molar-refractivity contribution in [3.63, 3.8) is 0 Å². The summed E-state index contributed by atoms with van der Waals surface area (Å²) >= 11 is 0. The van der Waals surface area contributed by atoms with E-state index in [0.29, 0.717) is 0 Å². The van der Waals surface area contributed by atoms with Gasteiger partial charge in [0.15, 0.2) is 0 Å². The van der Waals surface area contributed by atoms with E-state index >= 15 is 0 Å². The Morgan fingerprint density at radius 2 is 0.410 bits per heavy atom. The Balaban J connectivity index is 0.0000000863. The van der Waals surface area contributed by atoms with Gasteiger partial charge in [0.2, 0.25) is 0 Å². The minimum Gasteiger partial charge on any atom is -0.292 e. The number of rotatable bonds is 0. The van der Waals surface area contributed by atoms with Crippen molar-refractivity contribution in [2.45, 2.75) is 34.6 Å². The first-order valence-corrected chi connectivity index (χ1v) is 41.8. The maximum atomic E-state index is 5.04. The van der Waals surface area contributed by atoms with Crippen LogP contribution in [0.4, 0.5) is 0 Å². The van der Waals surface area contributed by atoms with Crippen LogP contribution in [0, 0.1) is 34.6 Å². The number of aryl methyl sites for hydroxylation is 5. The third-order valence-corrected chi connectivity index (χ3v) is 25.0. The van der Waals surface area contributed by atoms with Gasteiger partial charge in [0.05, 0.1) is 82.8 Å². The third kappa shape index (κ3) is 10.9. The summed E-state index contributed by atoms with van der Waals surface area (Å²) in [4.78, 5) is 24.8. The lowest BCUT2D eigenvalue weighted by Gasteiger charge is -2.12. The van der Waals surface area contributed by atoms with Crippen molar-refractivity contribution in [3.05, 3.63) is 398 Å². The molecule has 10 heteroatoms. The number of hydrogen-bond donors (Lipinski definition) is 0. The molecule has 10 nitrogen and oxygen atoms in total. The van der Waals surface area contributed by atoms with Crippen LogP contribution in [0.3, 0.4) is 0 Å². The number of hydrogen-bond acceptors (Lipinski definition) is 5. The molecule has 28 aromatic rings. The maximum Gasteiger partial charge on any atom is 0.147 e. The molecule has 10 heterocycles. The van der Waals surface area contributed by atoms with Gasteiger partial charge in [0, 0.05) is 64.6 Å². The van der Waals surface area contributed by atoms with Gasteiger partial charge in [-0.2, -0.15) is 0 Å². The average Bonchev–Trinajstić information content (AvgIpc) is 1.48. The molecule has 0 saturated heterocycles. The Kier molecular flexibility index (Phi) is 15.9. The zero-order valence-corrected chi connectivity index (χ0v) is 67.7. The molecule has 0 aliphatic rings. The van der Waals surface area contributed by atoms with Crippen molar-refractivity contribution >= 4 is 224 Å². The predicted molar refractivity (Wildman–Crippen MR) is 515 cm³/mol. The van der Waals surface area contributed by atoms with Crippen LogP contribution < -0.4 is 0 Å². The molecule has 0 unspecified atom stereocenters. The summed E-state index contributed by atoms with van der Waals surface area (Å²) in [6.45, 7) is 10.7. The van der Waals surface area contributed by atoms with Gasteiger partial charge in [-0.25, -0.2) is 24.9 Å². The number of para-hydroxylation sites is 10. The van der Waals surface area contributed by atoms with Crippen LogP contribution >= 0.6 is 0 Å². The van der Waals surface area contributed by atoms with Crippen LogP contribution in [-0.4, -0.2) is 46.9 Å². The second-order valence-electron chi connectivity index (χ2n) is 32.6. The molecule has 0 aliphatic heterocycles. The van der Waals surface area contributed by atoms with E-state index in [2.05, 4.69) is 415 Å². The average molecular weight is 1560 g/mol. The Bertz CT molecular complexity index is 9320. The SMILES string of the molecule is Cc1ccc2c(c1)c1c3ccccc3ccc1c1nc3ccccc3n21.Cc1ccc2c(c1)c1ccccc1c1nc3ccccc3n21.Cc1ccc2c3c4ccccc4ccc3c3nc4ccccc4n3c2c1.Cc1ccc2c3ccc4ccccc4c3c3nc4ccccc4n3c2c1.Cc1ccc2c3ccccc3c3nc4ccccc4n3c2c1. The summed E-state index contributed by atoms with van der Waals surface area (Å²) in [5.74, 6) is 0. The molecule has 0 amide bonds. The second-order valence-corrected chi connectivity index (χ2v) is 32.6. The maximum absolute atomic E-state index is 5.04. The molecular formula is C112H76N10. The molecule has 0 N–H and O–H groups in total. The number of aromatic nitrogens is 10. The topological polar surface area (TPSA) is 86.5 Å². The van der Waals surface area contributed by atoms with Crippen LogP contribution in [0.5, 0.6) is 0 Å². The summed E-state index contributed by atoms with van der Waals surface area (Å²) in [5.41, 5.74) is 28.6. The van der Waals surface area contributed by atoms with Crippen LogP contribution in [-0.2, 0) is 0 Å². The number of benzene rings is 18. The molecule has 0 spiro atoms. The van der Waals surface area contributed by atoms with Gasteiger partial charge < -0.3 is 0 Å². The van der Waals surface area contributed by atoms with Crippen molar-refractivity contribution in [1.29, 1.82) is 0 Å². The van der Waals surface area contributed by atoms with E-state index in [4.69, 9.17) is 24.9 Å². The fourth-order valence-corrected chi connectivity index (χ4v) is 19.6.